The predicted molar refractivity (Wildman–Crippen MR) is 114 cm³/mol. The van der Waals surface area contributed by atoms with Crippen molar-refractivity contribution in [3.63, 3.8) is 0 Å². The molecule has 1 aliphatic rings. The first kappa shape index (κ1) is 19.8. The summed E-state index contributed by atoms with van der Waals surface area (Å²) in [4.78, 5) is 34.8. The molecule has 0 bridgehead atoms. The fourth-order valence-corrected chi connectivity index (χ4v) is 3.48. The van der Waals surface area contributed by atoms with Crippen LogP contribution in [0.5, 0.6) is 11.8 Å². The molecule has 2 aromatic carbocycles. The zero-order chi connectivity index (χ0) is 21.1. The average molecular weight is 423 g/mol. The fourth-order valence-electron chi connectivity index (χ4n) is 3.29. The Morgan fingerprint density at radius 1 is 1.17 bits per heavy atom. The molecule has 1 aliphatic heterocycles. The molecule has 152 valence electrons. The summed E-state index contributed by atoms with van der Waals surface area (Å²) >= 11 is 6.02. The van der Waals surface area contributed by atoms with Crippen molar-refractivity contribution in [1.82, 2.24) is 9.97 Å². The standard InChI is InChI=1S/C22H19ClN4O3/c1-14-10-18(30-22-24-8-3-9-25-22)6-7-19(14)26-21(29)15-11-20(28)27(13-15)17-5-2-4-16(23)12-17/h2-10,12,15H,11,13H2,1H3,(H,26,29). The zero-order valence-corrected chi connectivity index (χ0v) is 17.0. The molecule has 1 aromatic heterocycles. The van der Waals surface area contributed by atoms with Crippen LogP contribution in [-0.2, 0) is 9.59 Å². The van der Waals surface area contributed by atoms with Crippen LogP contribution in [0.4, 0.5) is 11.4 Å². The Morgan fingerprint density at radius 3 is 2.70 bits per heavy atom. The van der Waals surface area contributed by atoms with E-state index in [1.807, 2.05) is 13.0 Å². The van der Waals surface area contributed by atoms with Crippen molar-refractivity contribution < 1.29 is 14.3 Å². The summed E-state index contributed by atoms with van der Waals surface area (Å²) < 4.78 is 5.61. The molecule has 1 N–H and O–H groups in total. The van der Waals surface area contributed by atoms with Crippen molar-refractivity contribution in [2.45, 2.75) is 13.3 Å². The van der Waals surface area contributed by atoms with E-state index in [1.54, 1.807) is 59.8 Å². The highest BCUT2D eigenvalue weighted by Crippen LogP contribution is 2.29. The number of halogens is 1. The summed E-state index contributed by atoms with van der Waals surface area (Å²) in [5.41, 5.74) is 2.19. The van der Waals surface area contributed by atoms with Crippen LogP contribution in [0, 0.1) is 12.8 Å². The molecule has 1 saturated heterocycles. The minimum atomic E-state index is -0.440. The number of hydrogen-bond acceptors (Lipinski definition) is 5. The van der Waals surface area contributed by atoms with E-state index < -0.39 is 5.92 Å². The van der Waals surface area contributed by atoms with Gasteiger partial charge >= 0.3 is 6.01 Å². The molecule has 7 nitrogen and oxygen atoms in total. The quantitative estimate of drug-likeness (QED) is 0.665. The van der Waals surface area contributed by atoms with Gasteiger partial charge in [0, 0.05) is 41.8 Å². The number of nitrogens with zero attached hydrogens (tertiary/aromatic N) is 3. The van der Waals surface area contributed by atoms with Gasteiger partial charge in [-0.1, -0.05) is 17.7 Å². The molecule has 0 saturated carbocycles. The minimum Gasteiger partial charge on any atom is -0.424 e. The molecule has 4 rings (SSSR count). The fraction of sp³-hybridized carbons (Fsp3) is 0.182. The molecule has 1 unspecified atom stereocenters. The molecular weight excluding hydrogens is 404 g/mol. The van der Waals surface area contributed by atoms with Crippen molar-refractivity contribution >= 4 is 34.8 Å². The topological polar surface area (TPSA) is 84.4 Å². The number of carbonyl (C=O) groups is 2. The molecule has 1 atom stereocenters. The normalized spacial score (nSPS) is 15.9. The largest absolute Gasteiger partial charge is 0.424 e. The summed E-state index contributed by atoms with van der Waals surface area (Å²) in [6.45, 7) is 2.18. The number of aryl methyl sites for hydroxylation is 1. The number of anilines is 2. The van der Waals surface area contributed by atoms with Crippen molar-refractivity contribution in [3.05, 3.63) is 71.5 Å². The maximum atomic E-state index is 12.8. The first-order valence-corrected chi connectivity index (χ1v) is 9.80. The van der Waals surface area contributed by atoms with Crippen LogP contribution in [0.2, 0.25) is 5.02 Å². The van der Waals surface area contributed by atoms with Gasteiger partial charge in [-0.2, -0.15) is 0 Å². The van der Waals surface area contributed by atoms with Crippen LogP contribution in [0.3, 0.4) is 0 Å². The van der Waals surface area contributed by atoms with Crippen LogP contribution in [-0.4, -0.2) is 28.3 Å². The Labute approximate surface area is 178 Å². The molecule has 0 spiro atoms. The van der Waals surface area contributed by atoms with Gasteiger partial charge < -0.3 is 15.0 Å². The number of benzene rings is 2. The third-order valence-electron chi connectivity index (χ3n) is 4.82. The Balaban J connectivity index is 1.42. The van der Waals surface area contributed by atoms with Crippen molar-refractivity contribution in [2.75, 3.05) is 16.8 Å². The van der Waals surface area contributed by atoms with Gasteiger partial charge in [0.2, 0.25) is 11.8 Å². The SMILES string of the molecule is Cc1cc(Oc2ncccn2)ccc1NC(=O)C1CC(=O)N(c2cccc(Cl)c2)C1. The average Bonchev–Trinajstić information content (AvgIpc) is 3.13. The molecule has 3 aromatic rings. The second kappa shape index (κ2) is 8.51. The molecule has 1 fully saturated rings. The number of amides is 2. The van der Waals surface area contributed by atoms with Crippen molar-refractivity contribution in [1.29, 1.82) is 0 Å². The number of rotatable bonds is 5. The molecule has 2 amide bonds. The molecular formula is C22H19ClN4O3. The number of hydrogen-bond donors (Lipinski definition) is 1. The summed E-state index contributed by atoms with van der Waals surface area (Å²) in [6, 6.07) is 14.3. The third-order valence-corrected chi connectivity index (χ3v) is 5.06. The zero-order valence-electron chi connectivity index (χ0n) is 16.2. The van der Waals surface area contributed by atoms with E-state index >= 15 is 0 Å². The van der Waals surface area contributed by atoms with Crippen LogP contribution in [0.25, 0.3) is 0 Å². The lowest BCUT2D eigenvalue weighted by Gasteiger charge is -2.17. The summed E-state index contributed by atoms with van der Waals surface area (Å²) in [5.74, 6) is -0.166. The Morgan fingerprint density at radius 2 is 1.97 bits per heavy atom. The van der Waals surface area contributed by atoms with Gasteiger partial charge in [0.1, 0.15) is 5.75 Å². The summed E-state index contributed by atoms with van der Waals surface area (Å²) in [7, 11) is 0. The molecule has 0 aliphatic carbocycles. The highest BCUT2D eigenvalue weighted by atomic mass is 35.5. The first-order valence-electron chi connectivity index (χ1n) is 9.42. The van der Waals surface area contributed by atoms with Gasteiger partial charge in [-0.3, -0.25) is 9.59 Å². The highest BCUT2D eigenvalue weighted by molar-refractivity contribution is 6.31. The number of carbonyl (C=O) groups excluding carboxylic acids is 2. The number of aromatic nitrogens is 2. The molecule has 0 radical (unpaired) electrons. The van der Waals surface area contributed by atoms with E-state index in [1.165, 1.54) is 0 Å². The van der Waals surface area contributed by atoms with Crippen LogP contribution >= 0.6 is 11.6 Å². The predicted octanol–water partition coefficient (Wildman–Crippen LogP) is 4.22. The maximum Gasteiger partial charge on any atom is 0.321 e. The second-order valence-electron chi connectivity index (χ2n) is 6.98. The monoisotopic (exact) mass is 422 g/mol. The van der Waals surface area contributed by atoms with Crippen molar-refractivity contribution in [3.8, 4) is 11.8 Å². The molecule has 2 heterocycles. The van der Waals surface area contributed by atoms with Gasteiger partial charge in [-0.05, 0) is 55.0 Å². The lowest BCUT2D eigenvalue weighted by molar-refractivity contribution is -0.122. The smallest absolute Gasteiger partial charge is 0.321 e. The van der Waals surface area contributed by atoms with E-state index in [4.69, 9.17) is 16.3 Å². The lowest BCUT2D eigenvalue weighted by atomic mass is 10.1. The van der Waals surface area contributed by atoms with Gasteiger partial charge in [0.15, 0.2) is 0 Å². The Hall–Kier alpha value is -3.45. The Kier molecular flexibility index (Phi) is 5.63. The second-order valence-corrected chi connectivity index (χ2v) is 7.42. The maximum absolute atomic E-state index is 12.8. The van der Waals surface area contributed by atoms with E-state index in [-0.39, 0.29) is 24.2 Å². The lowest BCUT2D eigenvalue weighted by Crippen LogP contribution is -2.28. The highest BCUT2D eigenvalue weighted by Gasteiger charge is 2.35. The van der Waals surface area contributed by atoms with Gasteiger partial charge in [0.25, 0.3) is 0 Å². The van der Waals surface area contributed by atoms with Crippen LogP contribution in [0.1, 0.15) is 12.0 Å². The summed E-state index contributed by atoms with van der Waals surface area (Å²) in [5, 5.41) is 3.46. The first-order chi connectivity index (χ1) is 14.5. The summed E-state index contributed by atoms with van der Waals surface area (Å²) in [6.07, 6.45) is 3.35. The third kappa shape index (κ3) is 4.41. The van der Waals surface area contributed by atoms with E-state index in [0.29, 0.717) is 28.7 Å². The van der Waals surface area contributed by atoms with Gasteiger partial charge in [-0.25, -0.2) is 9.97 Å². The Bertz CT molecular complexity index is 1090. The van der Waals surface area contributed by atoms with Gasteiger partial charge in [-0.15, -0.1) is 0 Å². The van der Waals surface area contributed by atoms with E-state index in [0.717, 1.165) is 5.56 Å². The molecule has 8 heteroatoms. The number of nitrogens with one attached hydrogen (secondary N) is 1. The number of ether oxygens (including phenoxy) is 1. The van der Waals surface area contributed by atoms with E-state index in [9.17, 15) is 9.59 Å². The van der Waals surface area contributed by atoms with Crippen molar-refractivity contribution in [2.24, 2.45) is 5.92 Å². The van der Waals surface area contributed by atoms with Crippen LogP contribution in [0.15, 0.2) is 60.9 Å². The minimum absolute atomic E-state index is 0.0965. The van der Waals surface area contributed by atoms with Gasteiger partial charge in [0.05, 0.1) is 5.92 Å². The van der Waals surface area contributed by atoms with Crippen LogP contribution < -0.4 is 15.0 Å². The van der Waals surface area contributed by atoms with E-state index in [2.05, 4.69) is 15.3 Å². The molecule has 30 heavy (non-hydrogen) atoms.